The maximum Gasteiger partial charge on any atom is 0.474 e. The number of cyclic esters (lactones) is 1. The zero-order chi connectivity index (χ0) is 27.4. The van der Waals surface area contributed by atoms with E-state index in [9.17, 15) is 9.36 Å². The van der Waals surface area contributed by atoms with Crippen LogP contribution in [0.3, 0.4) is 0 Å². The van der Waals surface area contributed by atoms with Crippen molar-refractivity contribution in [3.63, 3.8) is 0 Å². The number of pyridine rings is 1. The number of phosphoric ester groups is 1. The second-order valence-electron chi connectivity index (χ2n) is 9.73. The van der Waals surface area contributed by atoms with E-state index in [0.717, 1.165) is 53.8 Å². The zero-order valence-electron chi connectivity index (χ0n) is 22.5. The molecule has 0 bridgehead atoms. The second-order valence-corrected chi connectivity index (χ2v) is 11.4. The van der Waals surface area contributed by atoms with Crippen LogP contribution in [0.15, 0.2) is 42.7 Å². The summed E-state index contributed by atoms with van der Waals surface area (Å²) in [6.45, 7) is 4.53. The number of ether oxygens (including phenoxy) is 1. The van der Waals surface area contributed by atoms with Crippen LogP contribution in [0.25, 0.3) is 22.5 Å². The first-order valence-corrected chi connectivity index (χ1v) is 14.9. The first-order valence-electron chi connectivity index (χ1n) is 13.4. The van der Waals surface area contributed by atoms with Gasteiger partial charge in [-0.15, -0.1) is 5.10 Å². The molecule has 1 saturated heterocycles. The second kappa shape index (κ2) is 12.0. The minimum absolute atomic E-state index is 0.0724. The molecule has 0 spiro atoms. The highest BCUT2D eigenvalue weighted by atomic mass is 31.2. The summed E-state index contributed by atoms with van der Waals surface area (Å²) >= 11 is 0. The fourth-order valence-corrected chi connectivity index (χ4v) is 5.96. The van der Waals surface area contributed by atoms with E-state index in [4.69, 9.17) is 18.3 Å². The van der Waals surface area contributed by atoms with Gasteiger partial charge in [0.2, 0.25) is 0 Å². The van der Waals surface area contributed by atoms with E-state index in [2.05, 4.69) is 21.4 Å². The normalized spacial score (nSPS) is 18.3. The number of aromatic nitrogens is 4. The van der Waals surface area contributed by atoms with Gasteiger partial charge in [0, 0.05) is 18.8 Å². The number of phosphoric acid groups is 1. The van der Waals surface area contributed by atoms with Gasteiger partial charge in [-0.2, -0.15) is 0 Å². The van der Waals surface area contributed by atoms with E-state index in [0.29, 0.717) is 12.1 Å². The topological polar surface area (TPSA) is 118 Å². The zero-order valence-corrected chi connectivity index (χ0v) is 23.4. The fourth-order valence-electron chi connectivity index (χ4n) is 4.70. The fraction of sp³-hybridized carbons (Fsp3) is 0.481. The molecule has 1 aromatic carbocycles. The van der Waals surface area contributed by atoms with Crippen LogP contribution < -0.4 is 4.90 Å². The van der Waals surface area contributed by atoms with Crippen LogP contribution >= 0.6 is 7.82 Å². The number of hydrogen-bond donors (Lipinski definition) is 0. The summed E-state index contributed by atoms with van der Waals surface area (Å²) < 4.78 is 37.2. The predicted octanol–water partition coefficient (Wildman–Crippen LogP) is 5.55. The Morgan fingerprint density at radius 2 is 1.77 bits per heavy atom. The van der Waals surface area contributed by atoms with Crippen LogP contribution in [-0.2, 0) is 36.3 Å². The number of fused-ring (bicyclic) bond motifs is 3. The van der Waals surface area contributed by atoms with Crippen molar-refractivity contribution in [3.8, 4) is 22.5 Å². The molecule has 5 rings (SSSR count). The number of aryl methyl sites for hydroxylation is 1. The lowest BCUT2D eigenvalue weighted by Crippen LogP contribution is -2.35. The molecule has 39 heavy (non-hydrogen) atoms. The van der Waals surface area contributed by atoms with E-state index in [-0.39, 0.29) is 25.9 Å². The Balaban J connectivity index is 1.27. The molecular formula is C27H34N5O6P. The quantitative estimate of drug-likeness (QED) is 0.197. The number of anilines is 1. The smallest absolute Gasteiger partial charge is 0.441 e. The van der Waals surface area contributed by atoms with Gasteiger partial charge >= 0.3 is 13.9 Å². The Kier molecular flexibility index (Phi) is 8.42. The van der Waals surface area contributed by atoms with Gasteiger partial charge in [0.25, 0.3) is 0 Å². The number of carbonyl (C=O) groups is 1. The van der Waals surface area contributed by atoms with Gasteiger partial charge in [0.1, 0.15) is 11.8 Å². The van der Waals surface area contributed by atoms with Crippen molar-refractivity contribution in [3.05, 3.63) is 48.3 Å². The molecule has 1 fully saturated rings. The Morgan fingerprint density at radius 3 is 2.41 bits per heavy atom. The van der Waals surface area contributed by atoms with Gasteiger partial charge in [-0.1, -0.05) is 44.0 Å². The van der Waals surface area contributed by atoms with Gasteiger partial charge in [-0.25, -0.2) is 9.36 Å². The molecule has 11 nitrogen and oxygen atoms in total. The molecule has 1 amide bonds. The molecule has 2 aliphatic rings. The third kappa shape index (κ3) is 6.06. The predicted molar refractivity (Wildman–Crippen MR) is 145 cm³/mol. The third-order valence-electron chi connectivity index (χ3n) is 6.83. The number of rotatable bonds is 13. The molecule has 0 unspecified atom stereocenters. The Bertz CT molecular complexity index is 1330. The minimum atomic E-state index is -3.76. The van der Waals surface area contributed by atoms with E-state index in [1.54, 1.807) is 15.8 Å². The average molecular weight is 556 g/mol. The van der Waals surface area contributed by atoms with Crippen molar-refractivity contribution in [2.24, 2.45) is 7.05 Å². The molecule has 0 N–H and O–H groups in total. The number of carbonyl (C=O) groups excluding carboxylic acids is 1. The van der Waals surface area contributed by atoms with E-state index in [1.165, 1.54) is 0 Å². The third-order valence-corrected chi connectivity index (χ3v) is 8.29. The summed E-state index contributed by atoms with van der Waals surface area (Å²) in [4.78, 5) is 19.0. The van der Waals surface area contributed by atoms with Gasteiger partial charge in [0.15, 0.2) is 0 Å². The van der Waals surface area contributed by atoms with E-state index in [1.807, 2.05) is 51.4 Å². The summed E-state index contributed by atoms with van der Waals surface area (Å²) in [5.41, 5.74) is 5.23. The standard InChI is InChI=1S/C27H34N5O6P/c1-4-6-12-35-39(34,36-13-7-5-2)37-18-26-25-15-21-14-19(9-11-24(21)32(25)27(33)38-26)20-8-10-22(28-16-20)23-17-31(3)30-29-23/h8-11,14,16-17,25-26H,4-7,12-13,15,18H2,1-3H3/t25-,26-/m0/s1. The number of nitrogens with zero attached hydrogens (tertiary/aromatic N) is 5. The Labute approximate surface area is 228 Å². The molecular weight excluding hydrogens is 521 g/mol. The van der Waals surface area contributed by atoms with Gasteiger partial charge < -0.3 is 4.74 Å². The minimum Gasteiger partial charge on any atom is -0.441 e. The molecule has 208 valence electrons. The van der Waals surface area contributed by atoms with Crippen molar-refractivity contribution in [1.29, 1.82) is 0 Å². The number of amides is 1. The first kappa shape index (κ1) is 27.5. The molecule has 3 aromatic rings. The molecule has 2 aromatic heterocycles. The highest BCUT2D eigenvalue weighted by molar-refractivity contribution is 7.48. The average Bonchev–Trinajstić information content (AvgIpc) is 3.62. The Hall–Kier alpha value is -3.11. The van der Waals surface area contributed by atoms with Crippen LogP contribution in [0.4, 0.5) is 10.5 Å². The number of benzene rings is 1. The summed E-state index contributed by atoms with van der Waals surface area (Å²) in [6.07, 6.45) is 6.46. The largest absolute Gasteiger partial charge is 0.474 e. The van der Waals surface area contributed by atoms with Crippen LogP contribution in [0.2, 0.25) is 0 Å². The van der Waals surface area contributed by atoms with Crippen LogP contribution in [0.5, 0.6) is 0 Å². The van der Waals surface area contributed by atoms with Crippen molar-refractivity contribution >= 4 is 19.6 Å². The van der Waals surface area contributed by atoms with Crippen LogP contribution in [0, 0.1) is 0 Å². The SMILES string of the molecule is CCCCOP(=O)(OCCCC)OC[C@@H]1OC(=O)N2c3ccc(-c4ccc(-c5cn(C)nn5)nc4)cc3C[C@@H]12. The van der Waals surface area contributed by atoms with E-state index < -0.39 is 20.0 Å². The number of hydrogen-bond acceptors (Lipinski definition) is 9. The molecule has 2 aliphatic heterocycles. The Morgan fingerprint density at radius 1 is 1.03 bits per heavy atom. The highest BCUT2D eigenvalue weighted by Gasteiger charge is 2.48. The lowest BCUT2D eigenvalue weighted by Gasteiger charge is -2.21. The maximum absolute atomic E-state index is 13.2. The van der Waals surface area contributed by atoms with Crippen molar-refractivity contribution in [2.75, 3.05) is 24.7 Å². The van der Waals surface area contributed by atoms with E-state index >= 15 is 0 Å². The lowest BCUT2D eigenvalue weighted by molar-refractivity contribution is 0.0551. The highest BCUT2D eigenvalue weighted by Crippen LogP contribution is 2.51. The molecule has 0 radical (unpaired) electrons. The molecule has 2 atom stereocenters. The van der Waals surface area contributed by atoms with Gasteiger partial charge in [0.05, 0.1) is 43.4 Å². The van der Waals surface area contributed by atoms with Crippen molar-refractivity contribution in [1.82, 2.24) is 20.0 Å². The molecule has 4 heterocycles. The summed E-state index contributed by atoms with van der Waals surface area (Å²) in [7, 11) is -1.95. The molecule has 0 aliphatic carbocycles. The maximum atomic E-state index is 13.2. The monoisotopic (exact) mass is 555 g/mol. The van der Waals surface area contributed by atoms with Crippen LogP contribution in [0.1, 0.15) is 45.1 Å². The van der Waals surface area contributed by atoms with Gasteiger partial charge in [-0.3, -0.25) is 28.1 Å². The lowest BCUT2D eigenvalue weighted by atomic mass is 10.0. The summed E-state index contributed by atoms with van der Waals surface area (Å²) in [6, 6.07) is 9.62. The first-order chi connectivity index (χ1) is 18.9. The summed E-state index contributed by atoms with van der Waals surface area (Å²) in [5, 5.41) is 8.07. The molecule has 0 saturated carbocycles. The van der Waals surface area contributed by atoms with Crippen molar-refractivity contribution < 1.29 is 27.7 Å². The molecule has 12 heteroatoms. The van der Waals surface area contributed by atoms with Crippen LogP contribution in [-0.4, -0.2) is 58.0 Å². The summed E-state index contributed by atoms with van der Waals surface area (Å²) in [5.74, 6) is 0. The van der Waals surface area contributed by atoms with Crippen molar-refractivity contribution in [2.45, 2.75) is 58.1 Å². The number of unbranched alkanes of at least 4 members (excludes halogenated alkanes) is 2. The van der Waals surface area contributed by atoms with Gasteiger partial charge in [-0.05, 0) is 48.6 Å².